The molecule has 0 saturated heterocycles. The Balaban J connectivity index is 1.40. The number of hydrogen-bond acceptors (Lipinski definition) is 4. The summed E-state index contributed by atoms with van der Waals surface area (Å²) < 4.78 is 7.20. The molecule has 156 valence electrons. The molecule has 0 saturated carbocycles. The SMILES string of the molecule is O=C(Nc1ccccc1Sc1ccc(Cl)cc1)c1ccn(COc2ccc(Cl)cc2)n1. The molecular weight excluding hydrogens is 453 g/mol. The number of anilines is 1. The first-order chi connectivity index (χ1) is 15.1. The molecule has 1 N–H and O–H groups in total. The summed E-state index contributed by atoms with van der Waals surface area (Å²) in [4.78, 5) is 14.7. The van der Waals surface area contributed by atoms with Crippen molar-refractivity contribution in [3.63, 3.8) is 0 Å². The van der Waals surface area contributed by atoms with Gasteiger partial charge in [-0.2, -0.15) is 5.10 Å². The summed E-state index contributed by atoms with van der Waals surface area (Å²) in [7, 11) is 0. The van der Waals surface area contributed by atoms with Gasteiger partial charge in [0.2, 0.25) is 0 Å². The van der Waals surface area contributed by atoms with Gasteiger partial charge in [0.15, 0.2) is 12.4 Å². The number of aromatic nitrogens is 2. The van der Waals surface area contributed by atoms with E-state index < -0.39 is 0 Å². The number of nitrogens with one attached hydrogen (secondary N) is 1. The van der Waals surface area contributed by atoms with Crippen LogP contribution in [0.25, 0.3) is 0 Å². The highest BCUT2D eigenvalue weighted by Gasteiger charge is 2.13. The molecule has 1 heterocycles. The van der Waals surface area contributed by atoms with Gasteiger partial charge in [-0.1, -0.05) is 47.1 Å². The van der Waals surface area contributed by atoms with Crippen molar-refractivity contribution in [2.45, 2.75) is 16.5 Å². The van der Waals surface area contributed by atoms with E-state index in [1.165, 1.54) is 0 Å². The molecule has 4 aromatic rings. The summed E-state index contributed by atoms with van der Waals surface area (Å²) in [6.45, 7) is 0.178. The minimum atomic E-state index is -0.297. The zero-order valence-corrected chi connectivity index (χ0v) is 18.5. The minimum absolute atomic E-state index is 0.178. The Morgan fingerprint density at radius 3 is 2.35 bits per heavy atom. The zero-order valence-electron chi connectivity index (χ0n) is 16.2. The van der Waals surface area contributed by atoms with Crippen molar-refractivity contribution in [1.29, 1.82) is 0 Å². The van der Waals surface area contributed by atoms with Crippen molar-refractivity contribution in [3.05, 3.63) is 101 Å². The van der Waals surface area contributed by atoms with Crippen LogP contribution in [0, 0.1) is 0 Å². The number of para-hydroxylation sites is 1. The standard InChI is InChI=1S/C23H17Cl2N3O2S/c24-16-5-9-18(10-6-16)30-15-28-14-13-21(27-28)23(29)26-20-3-1-2-4-22(20)31-19-11-7-17(25)8-12-19/h1-14H,15H2,(H,26,29). The molecule has 0 unspecified atom stereocenters. The van der Waals surface area contributed by atoms with Crippen LogP contribution in [0.15, 0.2) is 94.9 Å². The third-order valence-corrected chi connectivity index (χ3v) is 5.81. The van der Waals surface area contributed by atoms with E-state index in [9.17, 15) is 4.79 Å². The summed E-state index contributed by atoms with van der Waals surface area (Å²) in [5.41, 5.74) is 1.01. The van der Waals surface area contributed by atoms with E-state index in [1.54, 1.807) is 53.0 Å². The zero-order chi connectivity index (χ0) is 21.6. The Labute approximate surface area is 193 Å². The van der Waals surface area contributed by atoms with Gasteiger partial charge < -0.3 is 10.1 Å². The van der Waals surface area contributed by atoms with E-state index in [4.69, 9.17) is 27.9 Å². The Morgan fingerprint density at radius 2 is 1.61 bits per heavy atom. The van der Waals surface area contributed by atoms with Gasteiger partial charge >= 0.3 is 0 Å². The lowest BCUT2D eigenvalue weighted by atomic mass is 10.3. The lowest BCUT2D eigenvalue weighted by Gasteiger charge is -2.10. The first kappa shape index (κ1) is 21.3. The molecule has 31 heavy (non-hydrogen) atoms. The number of ether oxygens (including phenoxy) is 1. The summed E-state index contributed by atoms with van der Waals surface area (Å²) in [6.07, 6.45) is 1.69. The topological polar surface area (TPSA) is 56.2 Å². The molecule has 0 bridgehead atoms. The molecule has 0 atom stereocenters. The van der Waals surface area contributed by atoms with E-state index in [0.29, 0.717) is 27.2 Å². The number of rotatable bonds is 7. The second-order valence-corrected chi connectivity index (χ2v) is 8.46. The van der Waals surface area contributed by atoms with Crippen molar-refractivity contribution in [2.75, 3.05) is 5.32 Å². The normalized spacial score (nSPS) is 10.6. The van der Waals surface area contributed by atoms with Crippen molar-refractivity contribution >= 4 is 46.6 Å². The second-order valence-electron chi connectivity index (χ2n) is 6.47. The summed E-state index contributed by atoms with van der Waals surface area (Å²) in [5, 5.41) is 8.55. The Hall–Kier alpha value is -2.93. The van der Waals surface area contributed by atoms with Crippen molar-refractivity contribution in [2.24, 2.45) is 0 Å². The first-order valence-corrected chi connectivity index (χ1v) is 10.9. The van der Waals surface area contributed by atoms with E-state index in [2.05, 4.69) is 10.4 Å². The molecule has 0 aliphatic rings. The smallest absolute Gasteiger partial charge is 0.276 e. The minimum Gasteiger partial charge on any atom is -0.471 e. The van der Waals surface area contributed by atoms with Gasteiger partial charge in [0.1, 0.15) is 5.75 Å². The molecule has 0 aliphatic carbocycles. The molecule has 0 fully saturated rings. The van der Waals surface area contributed by atoms with Gasteiger partial charge in [-0.15, -0.1) is 0 Å². The summed E-state index contributed by atoms with van der Waals surface area (Å²) in [5.74, 6) is 0.369. The van der Waals surface area contributed by atoms with Gasteiger partial charge in [0.05, 0.1) is 5.69 Å². The van der Waals surface area contributed by atoms with Crippen LogP contribution >= 0.6 is 35.0 Å². The molecule has 1 amide bonds. The summed E-state index contributed by atoms with van der Waals surface area (Å²) >= 11 is 13.4. The Kier molecular flexibility index (Phi) is 6.82. The van der Waals surface area contributed by atoms with Crippen LogP contribution in [0.3, 0.4) is 0 Å². The van der Waals surface area contributed by atoms with Crippen molar-refractivity contribution in [1.82, 2.24) is 9.78 Å². The maximum Gasteiger partial charge on any atom is 0.276 e. The maximum atomic E-state index is 12.7. The van der Waals surface area contributed by atoms with Gasteiger partial charge in [-0.3, -0.25) is 4.79 Å². The van der Waals surface area contributed by atoms with Gasteiger partial charge in [-0.25, -0.2) is 4.68 Å². The predicted molar refractivity (Wildman–Crippen MR) is 124 cm³/mol. The largest absolute Gasteiger partial charge is 0.471 e. The molecule has 5 nitrogen and oxygen atoms in total. The van der Waals surface area contributed by atoms with Crippen molar-refractivity contribution < 1.29 is 9.53 Å². The fourth-order valence-corrected chi connectivity index (χ4v) is 3.85. The second kappa shape index (κ2) is 9.92. The number of halogens is 2. The van der Waals surface area contributed by atoms with Crippen LogP contribution in [0.4, 0.5) is 5.69 Å². The van der Waals surface area contributed by atoms with E-state index >= 15 is 0 Å². The maximum absolute atomic E-state index is 12.7. The lowest BCUT2D eigenvalue weighted by Crippen LogP contribution is -2.14. The number of benzene rings is 3. The highest BCUT2D eigenvalue weighted by Crippen LogP contribution is 2.34. The summed E-state index contributed by atoms with van der Waals surface area (Å²) in [6, 6.07) is 23.9. The molecule has 0 aliphatic heterocycles. The van der Waals surface area contributed by atoms with Gasteiger partial charge in [0, 0.05) is 26.0 Å². The monoisotopic (exact) mass is 469 g/mol. The Bertz CT molecular complexity index is 1180. The van der Waals surface area contributed by atoms with E-state index in [-0.39, 0.29) is 12.6 Å². The fraction of sp³-hybridized carbons (Fsp3) is 0.0435. The van der Waals surface area contributed by atoms with Gasteiger partial charge in [0.25, 0.3) is 5.91 Å². The van der Waals surface area contributed by atoms with Gasteiger partial charge in [-0.05, 0) is 66.7 Å². The Morgan fingerprint density at radius 1 is 0.935 bits per heavy atom. The average molecular weight is 470 g/mol. The van der Waals surface area contributed by atoms with Crippen LogP contribution < -0.4 is 10.1 Å². The average Bonchev–Trinajstić information content (AvgIpc) is 3.26. The molecule has 0 spiro atoms. The van der Waals surface area contributed by atoms with Crippen LogP contribution in [0.1, 0.15) is 10.5 Å². The molecule has 1 aromatic heterocycles. The van der Waals surface area contributed by atoms with Crippen LogP contribution in [-0.4, -0.2) is 15.7 Å². The highest BCUT2D eigenvalue weighted by molar-refractivity contribution is 7.99. The number of carbonyl (C=O) groups excluding carboxylic acids is 1. The molecular formula is C23H17Cl2N3O2S. The molecule has 0 radical (unpaired) electrons. The lowest BCUT2D eigenvalue weighted by molar-refractivity contribution is 0.102. The number of hydrogen-bond donors (Lipinski definition) is 1. The van der Waals surface area contributed by atoms with E-state index in [1.807, 2.05) is 48.5 Å². The van der Waals surface area contributed by atoms with Crippen LogP contribution in [0.5, 0.6) is 5.75 Å². The first-order valence-electron chi connectivity index (χ1n) is 9.32. The van der Waals surface area contributed by atoms with E-state index in [0.717, 1.165) is 9.79 Å². The number of amides is 1. The predicted octanol–water partition coefficient (Wildman–Crippen LogP) is 6.63. The molecule has 8 heteroatoms. The number of nitrogens with zero attached hydrogens (tertiary/aromatic N) is 2. The quantitative estimate of drug-likeness (QED) is 0.329. The third-order valence-electron chi connectivity index (χ3n) is 4.23. The van der Waals surface area contributed by atoms with Crippen molar-refractivity contribution in [3.8, 4) is 5.75 Å². The third kappa shape index (κ3) is 5.82. The molecule has 4 rings (SSSR count). The van der Waals surface area contributed by atoms with Crippen LogP contribution in [0.2, 0.25) is 10.0 Å². The molecule has 3 aromatic carbocycles. The van der Waals surface area contributed by atoms with Crippen LogP contribution in [-0.2, 0) is 6.73 Å². The fourth-order valence-electron chi connectivity index (χ4n) is 2.70. The number of carbonyl (C=O) groups is 1. The highest BCUT2D eigenvalue weighted by atomic mass is 35.5.